The Bertz CT molecular complexity index is 142. The zero-order chi connectivity index (χ0) is 9.84. The molecule has 13 heavy (non-hydrogen) atoms. The number of rotatable bonds is 3. The maximum atomic E-state index is 5.57. The quantitative estimate of drug-likeness (QED) is 0.753. The van der Waals surface area contributed by atoms with Gasteiger partial charge in [-0.05, 0) is 19.9 Å². The summed E-state index contributed by atoms with van der Waals surface area (Å²) < 4.78 is 0. The van der Waals surface area contributed by atoms with Gasteiger partial charge in [-0.1, -0.05) is 13.8 Å². The van der Waals surface area contributed by atoms with E-state index in [1.807, 2.05) is 0 Å². The van der Waals surface area contributed by atoms with Crippen LogP contribution in [0.2, 0.25) is 0 Å². The smallest absolute Gasteiger partial charge is 0.0149 e. The Hall–Kier alpha value is 0.270. The third kappa shape index (κ3) is 3.49. The first-order valence-corrected chi connectivity index (χ1v) is 6.17. The molecule has 2 N–H and O–H groups in total. The van der Waals surface area contributed by atoms with Crippen LogP contribution in [0.1, 0.15) is 27.2 Å². The van der Waals surface area contributed by atoms with Crippen LogP contribution in [0.4, 0.5) is 0 Å². The van der Waals surface area contributed by atoms with E-state index in [0.29, 0.717) is 6.04 Å². The number of nitrogens with zero attached hydrogens (tertiary/aromatic N) is 1. The van der Waals surface area contributed by atoms with Crippen LogP contribution >= 0.6 is 11.8 Å². The molecule has 0 amide bonds. The van der Waals surface area contributed by atoms with Gasteiger partial charge in [0.05, 0.1) is 0 Å². The van der Waals surface area contributed by atoms with Crippen molar-refractivity contribution in [1.29, 1.82) is 0 Å². The Morgan fingerprint density at radius 1 is 1.38 bits per heavy atom. The van der Waals surface area contributed by atoms with Gasteiger partial charge in [0.25, 0.3) is 0 Å². The summed E-state index contributed by atoms with van der Waals surface area (Å²) in [6, 6.07) is 0.663. The Balaban J connectivity index is 2.40. The molecular formula is C10H22N2S. The van der Waals surface area contributed by atoms with E-state index in [2.05, 4.69) is 37.4 Å². The third-order valence-electron chi connectivity index (χ3n) is 2.66. The standard InChI is InChI=1S/C10H22N2S/c1-8(4-5-11)12-6-9(2)13-10(3)7-12/h8-10H,4-7,11H2,1-3H3. The molecule has 0 aromatic rings. The molecule has 2 nitrogen and oxygen atoms in total. The lowest BCUT2D eigenvalue weighted by molar-refractivity contribution is 0.199. The highest BCUT2D eigenvalue weighted by Crippen LogP contribution is 2.26. The van der Waals surface area contributed by atoms with Crippen LogP contribution in [0.15, 0.2) is 0 Å². The van der Waals surface area contributed by atoms with Gasteiger partial charge in [0.1, 0.15) is 0 Å². The lowest BCUT2D eigenvalue weighted by Crippen LogP contribution is -2.45. The monoisotopic (exact) mass is 202 g/mol. The lowest BCUT2D eigenvalue weighted by Gasteiger charge is -2.38. The zero-order valence-corrected chi connectivity index (χ0v) is 9.81. The van der Waals surface area contributed by atoms with Crippen LogP contribution in [0, 0.1) is 0 Å². The minimum absolute atomic E-state index is 0.663. The summed E-state index contributed by atoms with van der Waals surface area (Å²) in [4.78, 5) is 2.58. The fourth-order valence-corrected chi connectivity index (χ4v) is 3.35. The van der Waals surface area contributed by atoms with Crippen molar-refractivity contribution in [3.63, 3.8) is 0 Å². The second-order valence-electron chi connectivity index (χ2n) is 4.14. The molecule has 1 aliphatic rings. The summed E-state index contributed by atoms with van der Waals surface area (Å²) in [5.41, 5.74) is 5.57. The summed E-state index contributed by atoms with van der Waals surface area (Å²) in [7, 11) is 0. The summed E-state index contributed by atoms with van der Waals surface area (Å²) >= 11 is 2.11. The van der Waals surface area contributed by atoms with Gasteiger partial charge < -0.3 is 5.73 Å². The normalized spacial score (nSPS) is 33.2. The molecule has 0 aromatic heterocycles. The summed E-state index contributed by atoms with van der Waals surface area (Å²) in [6.07, 6.45) is 1.13. The largest absolute Gasteiger partial charge is 0.330 e. The van der Waals surface area contributed by atoms with Gasteiger partial charge in [-0.3, -0.25) is 4.90 Å². The van der Waals surface area contributed by atoms with Gasteiger partial charge in [-0.2, -0.15) is 11.8 Å². The molecule has 1 fully saturated rings. The Labute approximate surface area is 86.2 Å². The van der Waals surface area contributed by atoms with Crippen LogP contribution in [-0.2, 0) is 0 Å². The number of hydrogen-bond donors (Lipinski definition) is 1. The van der Waals surface area contributed by atoms with E-state index in [4.69, 9.17) is 5.73 Å². The molecule has 0 aliphatic carbocycles. The van der Waals surface area contributed by atoms with Crippen LogP contribution in [0.3, 0.4) is 0 Å². The number of nitrogens with two attached hydrogens (primary N) is 1. The van der Waals surface area contributed by atoms with Gasteiger partial charge in [-0.15, -0.1) is 0 Å². The molecule has 1 aliphatic heterocycles. The van der Waals surface area contributed by atoms with Crippen molar-refractivity contribution < 1.29 is 0 Å². The van der Waals surface area contributed by atoms with Crippen LogP contribution in [-0.4, -0.2) is 41.1 Å². The van der Waals surface area contributed by atoms with E-state index in [1.165, 1.54) is 13.1 Å². The summed E-state index contributed by atoms with van der Waals surface area (Å²) in [5.74, 6) is 0. The molecule has 0 spiro atoms. The molecular weight excluding hydrogens is 180 g/mol. The Kier molecular flexibility index (Phi) is 4.56. The van der Waals surface area contributed by atoms with Crippen molar-refractivity contribution in [2.75, 3.05) is 19.6 Å². The maximum absolute atomic E-state index is 5.57. The Morgan fingerprint density at radius 3 is 2.38 bits per heavy atom. The van der Waals surface area contributed by atoms with E-state index < -0.39 is 0 Å². The highest BCUT2D eigenvalue weighted by molar-refractivity contribution is 8.00. The van der Waals surface area contributed by atoms with E-state index in [0.717, 1.165) is 23.5 Å². The molecule has 1 rings (SSSR count). The van der Waals surface area contributed by atoms with Crippen LogP contribution in [0.5, 0.6) is 0 Å². The molecule has 0 radical (unpaired) electrons. The van der Waals surface area contributed by atoms with Gasteiger partial charge in [0.15, 0.2) is 0 Å². The second kappa shape index (κ2) is 5.23. The number of hydrogen-bond acceptors (Lipinski definition) is 3. The topological polar surface area (TPSA) is 29.3 Å². The van der Waals surface area contributed by atoms with Crippen molar-refractivity contribution in [2.24, 2.45) is 5.73 Å². The van der Waals surface area contributed by atoms with E-state index in [-0.39, 0.29) is 0 Å². The second-order valence-corrected chi connectivity index (χ2v) is 6.02. The first-order valence-electron chi connectivity index (χ1n) is 5.23. The summed E-state index contributed by atoms with van der Waals surface area (Å²) in [5, 5.41) is 1.56. The first-order chi connectivity index (χ1) is 6.13. The van der Waals surface area contributed by atoms with Crippen molar-refractivity contribution in [1.82, 2.24) is 4.90 Å². The Morgan fingerprint density at radius 2 is 1.92 bits per heavy atom. The molecule has 3 heteroatoms. The molecule has 3 unspecified atom stereocenters. The minimum atomic E-state index is 0.663. The molecule has 0 aromatic carbocycles. The molecule has 78 valence electrons. The van der Waals surface area contributed by atoms with Crippen LogP contribution < -0.4 is 5.73 Å². The van der Waals surface area contributed by atoms with Crippen molar-refractivity contribution in [2.45, 2.75) is 43.7 Å². The fourth-order valence-electron chi connectivity index (χ4n) is 2.00. The lowest BCUT2D eigenvalue weighted by atomic mass is 10.2. The molecule has 0 bridgehead atoms. The molecule has 1 saturated heterocycles. The fraction of sp³-hybridized carbons (Fsp3) is 1.00. The molecule has 0 saturated carbocycles. The third-order valence-corrected chi connectivity index (χ3v) is 3.88. The summed E-state index contributed by atoms with van der Waals surface area (Å²) in [6.45, 7) is 10.2. The van der Waals surface area contributed by atoms with E-state index in [9.17, 15) is 0 Å². The SMILES string of the molecule is CC1CN(C(C)CCN)CC(C)S1. The predicted molar refractivity (Wildman–Crippen MR) is 61.2 cm³/mol. The average Bonchev–Trinajstić information content (AvgIpc) is 2.03. The van der Waals surface area contributed by atoms with E-state index >= 15 is 0 Å². The zero-order valence-electron chi connectivity index (χ0n) is 8.99. The minimum Gasteiger partial charge on any atom is -0.330 e. The van der Waals surface area contributed by atoms with Gasteiger partial charge in [0, 0.05) is 29.6 Å². The van der Waals surface area contributed by atoms with Crippen molar-refractivity contribution in [3.05, 3.63) is 0 Å². The van der Waals surface area contributed by atoms with Crippen molar-refractivity contribution in [3.8, 4) is 0 Å². The number of thioether (sulfide) groups is 1. The first kappa shape index (κ1) is 11.3. The van der Waals surface area contributed by atoms with Gasteiger partial charge >= 0.3 is 0 Å². The van der Waals surface area contributed by atoms with Crippen LogP contribution in [0.25, 0.3) is 0 Å². The van der Waals surface area contributed by atoms with E-state index in [1.54, 1.807) is 0 Å². The maximum Gasteiger partial charge on any atom is 0.0149 e. The average molecular weight is 202 g/mol. The van der Waals surface area contributed by atoms with Crippen molar-refractivity contribution >= 4 is 11.8 Å². The highest BCUT2D eigenvalue weighted by Gasteiger charge is 2.24. The van der Waals surface area contributed by atoms with Gasteiger partial charge in [0.2, 0.25) is 0 Å². The molecule has 3 atom stereocenters. The van der Waals surface area contributed by atoms with Gasteiger partial charge in [-0.25, -0.2) is 0 Å². The highest BCUT2D eigenvalue weighted by atomic mass is 32.2. The predicted octanol–water partition coefficient (Wildman–Crippen LogP) is 1.55. The molecule has 1 heterocycles.